The van der Waals surface area contributed by atoms with Crippen LogP contribution >= 0.6 is 27.5 Å². The smallest absolute Gasteiger partial charge is 0.125 e. The molecule has 0 bridgehead atoms. The van der Waals surface area contributed by atoms with E-state index in [4.69, 9.17) is 11.6 Å². The van der Waals surface area contributed by atoms with Gasteiger partial charge in [0.2, 0.25) is 0 Å². The standard InChI is InChI=1S/C14H12BrClFNO/c15-10-2-1-3-13(6-10)18-14(8-19)9-4-11(16)7-12(17)5-9/h1-7,14,18-19H,8H2. The minimum atomic E-state index is -0.419. The van der Waals surface area contributed by atoms with E-state index in [1.54, 1.807) is 6.07 Å². The van der Waals surface area contributed by atoms with Crippen molar-refractivity contribution >= 4 is 33.2 Å². The van der Waals surface area contributed by atoms with Crippen molar-refractivity contribution in [1.29, 1.82) is 0 Å². The number of hydrogen-bond acceptors (Lipinski definition) is 2. The highest BCUT2D eigenvalue weighted by Gasteiger charge is 2.12. The van der Waals surface area contributed by atoms with Crippen molar-refractivity contribution in [3.05, 3.63) is 63.3 Å². The number of aliphatic hydroxyl groups excluding tert-OH is 1. The summed E-state index contributed by atoms with van der Waals surface area (Å²) in [5.74, 6) is -0.419. The van der Waals surface area contributed by atoms with Crippen molar-refractivity contribution in [3.8, 4) is 0 Å². The first kappa shape index (κ1) is 14.3. The van der Waals surface area contributed by atoms with Crippen LogP contribution in [0.4, 0.5) is 10.1 Å². The molecule has 0 heterocycles. The Morgan fingerprint density at radius 3 is 2.68 bits per heavy atom. The van der Waals surface area contributed by atoms with Crippen molar-refractivity contribution in [2.75, 3.05) is 11.9 Å². The van der Waals surface area contributed by atoms with E-state index in [1.807, 2.05) is 24.3 Å². The van der Waals surface area contributed by atoms with Crippen LogP contribution in [-0.2, 0) is 0 Å². The average Bonchev–Trinajstić information content (AvgIpc) is 2.34. The lowest BCUT2D eigenvalue weighted by Gasteiger charge is -2.18. The summed E-state index contributed by atoms with van der Waals surface area (Å²) in [4.78, 5) is 0. The summed E-state index contributed by atoms with van der Waals surface area (Å²) in [6.45, 7) is -0.160. The molecule has 5 heteroatoms. The van der Waals surface area contributed by atoms with Crippen LogP contribution in [0.3, 0.4) is 0 Å². The van der Waals surface area contributed by atoms with Gasteiger partial charge in [0.05, 0.1) is 12.6 Å². The van der Waals surface area contributed by atoms with Crippen LogP contribution in [-0.4, -0.2) is 11.7 Å². The quantitative estimate of drug-likeness (QED) is 0.862. The van der Waals surface area contributed by atoms with Crippen molar-refractivity contribution in [1.82, 2.24) is 0 Å². The zero-order valence-electron chi connectivity index (χ0n) is 9.91. The molecular formula is C14H12BrClFNO. The van der Waals surface area contributed by atoms with Gasteiger partial charge in [-0.05, 0) is 42.0 Å². The van der Waals surface area contributed by atoms with Crippen molar-refractivity contribution in [2.24, 2.45) is 0 Å². The Labute approximate surface area is 124 Å². The number of aliphatic hydroxyl groups is 1. The second kappa shape index (κ2) is 6.37. The molecule has 0 aliphatic carbocycles. The zero-order valence-corrected chi connectivity index (χ0v) is 12.2. The van der Waals surface area contributed by atoms with Crippen LogP contribution in [0.2, 0.25) is 5.02 Å². The summed E-state index contributed by atoms with van der Waals surface area (Å²) in [7, 11) is 0. The van der Waals surface area contributed by atoms with Gasteiger partial charge in [0.15, 0.2) is 0 Å². The third-order valence-electron chi connectivity index (χ3n) is 2.64. The van der Waals surface area contributed by atoms with Crippen LogP contribution in [0, 0.1) is 5.82 Å². The molecule has 1 atom stereocenters. The largest absolute Gasteiger partial charge is 0.394 e. The molecule has 0 aliphatic rings. The molecule has 2 rings (SSSR count). The monoisotopic (exact) mass is 343 g/mol. The Hall–Kier alpha value is -1.10. The van der Waals surface area contributed by atoms with Gasteiger partial charge in [0.1, 0.15) is 5.82 Å². The Bertz CT molecular complexity index is 559. The van der Waals surface area contributed by atoms with Crippen LogP contribution < -0.4 is 5.32 Å². The lowest BCUT2D eigenvalue weighted by Crippen LogP contribution is -2.15. The van der Waals surface area contributed by atoms with Crippen LogP contribution in [0.25, 0.3) is 0 Å². The molecule has 0 saturated heterocycles. The highest BCUT2D eigenvalue weighted by molar-refractivity contribution is 9.10. The lowest BCUT2D eigenvalue weighted by atomic mass is 10.1. The summed E-state index contributed by atoms with van der Waals surface area (Å²) in [5.41, 5.74) is 1.43. The van der Waals surface area contributed by atoms with E-state index < -0.39 is 11.9 Å². The molecule has 0 radical (unpaired) electrons. The summed E-state index contributed by atoms with van der Waals surface area (Å²) in [5, 5.41) is 12.9. The summed E-state index contributed by atoms with van der Waals surface area (Å²) in [6.07, 6.45) is 0. The maximum atomic E-state index is 13.3. The summed E-state index contributed by atoms with van der Waals surface area (Å²) >= 11 is 9.19. The molecule has 2 N–H and O–H groups in total. The third kappa shape index (κ3) is 3.93. The SMILES string of the molecule is OCC(Nc1cccc(Br)c1)c1cc(F)cc(Cl)c1. The van der Waals surface area contributed by atoms with Crippen molar-refractivity contribution in [2.45, 2.75) is 6.04 Å². The van der Waals surface area contributed by atoms with Gasteiger partial charge < -0.3 is 10.4 Å². The van der Waals surface area contributed by atoms with E-state index in [-0.39, 0.29) is 6.61 Å². The zero-order chi connectivity index (χ0) is 13.8. The number of benzene rings is 2. The molecule has 0 aromatic heterocycles. The first-order valence-electron chi connectivity index (χ1n) is 5.67. The maximum Gasteiger partial charge on any atom is 0.125 e. The molecule has 0 saturated carbocycles. The average molecular weight is 345 g/mol. The fourth-order valence-corrected chi connectivity index (χ4v) is 2.42. The number of nitrogens with one attached hydrogen (secondary N) is 1. The van der Waals surface area contributed by atoms with E-state index in [2.05, 4.69) is 21.2 Å². The van der Waals surface area contributed by atoms with Crippen molar-refractivity contribution < 1.29 is 9.50 Å². The lowest BCUT2D eigenvalue weighted by molar-refractivity contribution is 0.276. The predicted molar refractivity (Wildman–Crippen MR) is 79.0 cm³/mol. The van der Waals surface area contributed by atoms with E-state index in [0.29, 0.717) is 10.6 Å². The first-order valence-corrected chi connectivity index (χ1v) is 6.84. The van der Waals surface area contributed by atoms with Gasteiger partial charge in [-0.3, -0.25) is 0 Å². The summed E-state index contributed by atoms with van der Waals surface area (Å²) in [6, 6.07) is 11.3. The summed E-state index contributed by atoms with van der Waals surface area (Å²) < 4.78 is 14.2. The third-order valence-corrected chi connectivity index (χ3v) is 3.35. The Morgan fingerprint density at radius 2 is 2.05 bits per heavy atom. The Balaban J connectivity index is 2.24. The Morgan fingerprint density at radius 1 is 1.26 bits per heavy atom. The van der Waals surface area contributed by atoms with Gasteiger partial charge in [-0.25, -0.2) is 4.39 Å². The minimum absolute atomic E-state index is 0.160. The van der Waals surface area contributed by atoms with Gasteiger partial charge in [0.25, 0.3) is 0 Å². The Kier molecular flexibility index (Phi) is 4.80. The molecule has 19 heavy (non-hydrogen) atoms. The van der Waals surface area contributed by atoms with E-state index in [9.17, 15) is 9.50 Å². The van der Waals surface area contributed by atoms with Gasteiger partial charge in [0, 0.05) is 15.2 Å². The van der Waals surface area contributed by atoms with Gasteiger partial charge >= 0.3 is 0 Å². The number of hydrogen-bond donors (Lipinski definition) is 2. The molecule has 0 aliphatic heterocycles. The van der Waals surface area contributed by atoms with Gasteiger partial charge in [-0.15, -0.1) is 0 Å². The molecule has 2 nitrogen and oxygen atoms in total. The van der Waals surface area contributed by atoms with E-state index >= 15 is 0 Å². The maximum absolute atomic E-state index is 13.3. The molecule has 2 aromatic rings. The van der Waals surface area contributed by atoms with E-state index in [1.165, 1.54) is 12.1 Å². The second-order valence-corrected chi connectivity index (χ2v) is 5.44. The first-order chi connectivity index (χ1) is 9.08. The van der Waals surface area contributed by atoms with Crippen LogP contribution in [0.15, 0.2) is 46.9 Å². The van der Waals surface area contributed by atoms with Crippen LogP contribution in [0.5, 0.6) is 0 Å². The fraction of sp³-hybridized carbons (Fsp3) is 0.143. The molecular weight excluding hydrogens is 333 g/mol. The topological polar surface area (TPSA) is 32.3 Å². The molecule has 1 unspecified atom stereocenters. The molecule has 100 valence electrons. The molecule has 0 fully saturated rings. The fourth-order valence-electron chi connectivity index (χ4n) is 1.79. The minimum Gasteiger partial charge on any atom is -0.394 e. The predicted octanol–water partition coefficient (Wildman–Crippen LogP) is 4.39. The van der Waals surface area contributed by atoms with E-state index in [0.717, 1.165) is 10.2 Å². The number of rotatable bonds is 4. The number of halogens is 3. The van der Waals surface area contributed by atoms with Gasteiger partial charge in [-0.2, -0.15) is 0 Å². The van der Waals surface area contributed by atoms with Crippen molar-refractivity contribution in [3.63, 3.8) is 0 Å². The molecule has 2 aromatic carbocycles. The highest BCUT2D eigenvalue weighted by Crippen LogP contribution is 2.24. The van der Waals surface area contributed by atoms with Crippen LogP contribution in [0.1, 0.15) is 11.6 Å². The highest BCUT2D eigenvalue weighted by atomic mass is 79.9. The molecule has 0 spiro atoms. The molecule has 0 amide bonds. The number of anilines is 1. The van der Waals surface area contributed by atoms with Gasteiger partial charge in [-0.1, -0.05) is 33.6 Å². The second-order valence-electron chi connectivity index (χ2n) is 4.09. The normalized spacial score (nSPS) is 12.2.